The highest BCUT2D eigenvalue weighted by atomic mass is 16.3. The van der Waals surface area contributed by atoms with Gasteiger partial charge >= 0.3 is 0 Å². The molecule has 0 bridgehead atoms. The van der Waals surface area contributed by atoms with E-state index in [1.807, 2.05) is 0 Å². The fourth-order valence-corrected chi connectivity index (χ4v) is 3.51. The molecule has 2 aliphatic heterocycles. The van der Waals surface area contributed by atoms with E-state index in [0.29, 0.717) is 13.0 Å². The Morgan fingerprint density at radius 2 is 1.82 bits per heavy atom. The normalized spacial score (nSPS) is 21.4. The third-order valence-electron chi connectivity index (χ3n) is 4.84. The SMILES string of the molecule is CCCCCCCCCC(=O)C1=C(O)C2CCCCN2C1=O. The Bertz CT molecular complexity index is 442. The van der Waals surface area contributed by atoms with Crippen LogP contribution in [0.15, 0.2) is 11.3 Å². The number of nitrogens with zero attached hydrogens (tertiary/aromatic N) is 1. The molecule has 22 heavy (non-hydrogen) atoms. The van der Waals surface area contributed by atoms with E-state index in [4.69, 9.17) is 0 Å². The van der Waals surface area contributed by atoms with Crippen LogP contribution in [0.4, 0.5) is 0 Å². The number of amides is 1. The maximum atomic E-state index is 12.3. The van der Waals surface area contributed by atoms with Crippen molar-refractivity contribution in [1.29, 1.82) is 0 Å². The molecule has 124 valence electrons. The lowest BCUT2D eigenvalue weighted by atomic mass is 10.0. The number of fused-ring (bicyclic) bond motifs is 1. The minimum Gasteiger partial charge on any atom is -0.509 e. The van der Waals surface area contributed by atoms with Crippen LogP contribution in [0.2, 0.25) is 0 Å². The summed E-state index contributed by atoms with van der Waals surface area (Å²) in [6.45, 7) is 2.87. The summed E-state index contributed by atoms with van der Waals surface area (Å²) in [5, 5.41) is 10.2. The van der Waals surface area contributed by atoms with Gasteiger partial charge in [0.15, 0.2) is 5.78 Å². The number of carbonyl (C=O) groups is 2. The molecule has 0 radical (unpaired) electrons. The summed E-state index contributed by atoms with van der Waals surface area (Å²) in [7, 11) is 0. The smallest absolute Gasteiger partial charge is 0.261 e. The van der Waals surface area contributed by atoms with Gasteiger partial charge < -0.3 is 10.0 Å². The second-order valence-corrected chi connectivity index (χ2v) is 6.56. The van der Waals surface area contributed by atoms with Crippen molar-refractivity contribution < 1.29 is 14.7 Å². The summed E-state index contributed by atoms with van der Waals surface area (Å²) < 4.78 is 0. The summed E-state index contributed by atoms with van der Waals surface area (Å²) in [5.74, 6) is -0.363. The Morgan fingerprint density at radius 3 is 2.50 bits per heavy atom. The van der Waals surface area contributed by atoms with Crippen molar-refractivity contribution >= 4 is 11.7 Å². The first-order valence-corrected chi connectivity index (χ1v) is 8.94. The van der Waals surface area contributed by atoms with Gasteiger partial charge in [-0.05, 0) is 25.7 Å². The number of ketones is 1. The van der Waals surface area contributed by atoms with E-state index in [2.05, 4.69) is 6.92 Å². The second kappa shape index (κ2) is 8.35. The number of Topliss-reactive ketones (excluding diaryl/α,β-unsaturated/α-hetero) is 1. The van der Waals surface area contributed by atoms with Crippen molar-refractivity contribution in [2.24, 2.45) is 0 Å². The largest absolute Gasteiger partial charge is 0.509 e. The van der Waals surface area contributed by atoms with E-state index in [1.165, 1.54) is 25.7 Å². The highest BCUT2D eigenvalue weighted by molar-refractivity contribution is 6.21. The molecule has 2 heterocycles. The van der Waals surface area contributed by atoms with Crippen molar-refractivity contribution in [1.82, 2.24) is 4.90 Å². The molecule has 1 fully saturated rings. The van der Waals surface area contributed by atoms with E-state index in [1.54, 1.807) is 4.90 Å². The van der Waals surface area contributed by atoms with Crippen LogP contribution in [0.1, 0.15) is 77.6 Å². The quantitative estimate of drug-likeness (QED) is 0.519. The fraction of sp³-hybridized carbons (Fsp3) is 0.778. The molecular formula is C18H29NO3. The highest BCUT2D eigenvalue weighted by Crippen LogP contribution is 2.32. The molecule has 0 aliphatic carbocycles. The summed E-state index contributed by atoms with van der Waals surface area (Å²) >= 11 is 0. The average Bonchev–Trinajstić information content (AvgIpc) is 2.78. The Hall–Kier alpha value is -1.32. The zero-order valence-corrected chi connectivity index (χ0v) is 13.8. The second-order valence-electron chi connectivity index (χ2n) is 6.56. The van der Waals surface area contributed by atoms with Crippen LogP contribution in [0.25, 0.3) is 0 Å². The summed E-state index contributed by atoms with van der Waals surface area (Å²) in [6, 6.07) is -0.228. The molecule has 1 atom stereocenters. The van der Waals surface area contributed by atoms with Gasteiger partial charge in [-0.15, -0.1) is 0 Å². The third-order valence-corrected chi connectivity index (χ3v) is 4.84. The molecule has 0 aromatic heterocycles. The number of rotatable bonds is 9. The highest BCUT2D eigenvalue weighted by Gasteiger charge is 2.42. The monoisotopic (exact) mass is 307 g/mol. The molecule has 2 aliphatic rings. The van der Waals surface area contributed by atoms with Crippen LogP contribution < -0.4 is 0 Å². The van der Waals surface area contributed by atoms with Crippen molar-refractivity contribution in [3.63, 3.8) is 0 Å². The van der Waals surface area contributed by atoms with Gasteiger partial charge in [-0.1, -0.05) is 45.4 Å². The van der Waals surface area contributed by atoms with Crippen molar-refractivity contribution in [2.45, 2.75) is 83.6 Å². The third kappa shape index (κ3) is 3.90. The van der Waals surface area contributed by atoms with Gasteiger partial charge in [0.1, 0.15) is 11.3 Å². The van der Waals surface area contributed by atoms with Gasteiger partial charge in [0.05, 0.1) is 6.04 Å². The van der Waals surface area contributed by atoms with E-state index < -0.39 is 0 Å². The molecule has 4 nitrogen and oxygen atoms in total. The topological polar surface area (TPSA) is 57.6 Å². The predicted molar refractivity (Wildman–Crippen MR) is 86.6 cm³/mol. The maximum absolute atomic E-state index is 12.3. The Kier molecular flexibility index (Phi) is 6.47. The van der Waals surface area contributed by atoms with Crippen LogP contribution in [-0.4, -0.2) is 34.3 Å². The van der Waals surface area contributed by atoms with E-state index in [9.17, 15) is 14.7 Å². The van der Waals surface area contributed by atoms with Crippen LogP contribution in [0, 0.1) is 0 Å². The number of hydrogen-bond acceptors (Lipinski definition) is 3. The van der Waals surface area contributed by atoms with Gasteiger partial charge in [-0.25, -0.2) is 0 Å². The van der Waals surface area contributed by atoms with Crippen LogP contribution in [0.5, 0.6) is 0 Å². The number of unbranched alkanes of at least 4 members (excludes halogenated alkanes) is 6. The number of aliphatic hydroxyl groups excluding tert-OH is 1. The Balaban J connectivity index is 1.77. The molecule has 0 spiro atoms. The van der Waals surface area contributed by atoms with Gasteiger partial charge in [0.2, 0.25) is 0 Å². The van der Waals surface area contributed by atoms with Gasteiger partial charge in [-0.2, -0.15) is 0 Å². The molecule has 2 rings (SSSR count). The molecule has 1 unspecified atom stereocenters. The van der Waals surface area contributed by atoms with E-state index >= 15 is 0 Å². The number of hydrogen-bond donors (Lipinski definition) is 1. The van der Waals surface area contributed by atoms with Gasteiger partial charge in [0, 0.05) is 13.0 Å². The molecule has 0 saturated carbocycles. The standard InChI is InChI=1S/C18H29NO3/c1-2-3-4-5-6-7-8-12-15(20)16-17(21)14-11-9-10-13-19(14)18(16)22/h14,21H,2-13H2,1H3. The van der Waals surface area contributed by atoms with Gasteiger partial charge in [0.25, 0.3) is 5.91 Å². The molecular weight excluding hydrogens is 278 g/mol. The lowest BCUT2D eigenvalue weighted by Gasteiger charge is -2.29. The zero-order chi connectivity index (χ0) is 15.9. The lowest BCUT2D eigenvalue weighted by Crippen LogP contribution is -2.39. The molecule has 4 heteroatoms. The molecule has 1 saturated heterocycles. The average molecular weight is 307 g/mol. The minimum absolute atomic E-state index is 0.0395. The van der Waals surface area contributed by atoms with Crippen LogP contribution in [-0.2, 0) is 9.59 Å². The molecule has 0 aromatic rings. The van der Waals surface area contributed by atoms with E-state index in [0.717, 1.165) is 38.5 Å². The first-order valence-electron chi connectivity index (χ1n) is 8.94. The number of carbonyl (C=O) groups excluding carboxylic acids is 2. The van der Waals surface area contributed by atoms with Crippen molar-refractivity contribution in [3.8, 4) is 0 Å². The van der Waals surface area contributed by atoms with E-state index in [-0.39, 0.29) is 29.1 Å². The van der Waals surface area contributed by atoms with Crippen LogP contribution in [0.3, 0.4) is 0 Å². The molecule has 1 amide bonds. The summed E-state index contributed by atoms with van der Waals surface area (Å²) in [5.41, 5.74) is 0.0814. The fourth-order valence-electron chi connectivity index (χ4n) is 3.51. The van der Waals surface area contributed by atoms with Crippen molar-refractivity contribution in [3.05, 3.63) is 11.3 Å². The Labute approximate surface area is 133 Å². The lowest BCUT2D eigenvalue weighted by molar-refractivity contribution is -0.130. The van der Waals surface area contributed by atoms with Crippen molar-refractivity contribution in [2.75, 3.05) is 6.54 Å². The predicted octanol–water partition coefficient (Wildman–Crippen LogP) is 3.90. The number of aliphatic hydroxyl groups is 1. The number of piperidine rings is 1. The van der Waals surface area contributed by atoms with Gasteiger partial charge in [-0.3, -0.25) is 9.59 Å². The maximum Gasteiger partial charge on any atom is 0.261 e. The molecule has 0 aromatic carbocycles. The minimum atomic E-state index is -0.241. The molecule has 1 N–H and O–H groups in total. The zero-order valence-electron chi connectivity index (χ0n) is 13.8. The summed E-state index contributed by atoms with van der Waals surface area (Å²) in [4.78, 5) is 26.2. The first-order chi connectivity index (χ1) is 10.7. The first kappa shape index (κ1) is 17.0. The summed E-state index contributed by atoms with van der Waals surface area (Å²) in [6.07, 6.45) is 11.2. The van der Waals surface area contributed by atoms with Crippen LogP contribution >= 0.6 is 0 Å². The Morgan fingerprint density at radius 1 is 1.14 bits per heavy atom.